The van der Waals surface area contributed by atoms with Crippen LogP contribution in [-0.4, -0.2) is 22.3 Å². The van der Waals surface area contributed by atoms with Crippen molar-refractivity contribution in [2.75, 3.05) is 10.6 Å². The first-order valence-corrected chi connectivity index (χ1v) is 11.7. The number of anilines is 2. The van der Waals surface area contributed by atoms with Crippen molar-refractivity contribution in [2.45, 2.75) is 37.8 Å². The van der Waals surface area contributed by atoms with E-state index < -0.39 is 0 Å². The number of thiocarbonyl (C=S) groups is 2. The maximum atomic E-state index is 6.07. The maximum absolute atomic E-state index is 6.07. The zero-order chi connectivity index (χ0) is 21.7. The highest BCUT2D eigenvalue weighted by Gasteiger charge is 2.26. The summed E-state index contributed by atoms with van der Waals surface area (Å²) in [6.45, 7) is 0. The molecule has 0 bridgehead atoms. The predicted molar refractivity (Wildman–Crippen MR) is 138 cm³/mol. The maximum Gasteiger partial charge on any atom is 0.171 e. The Kier molecular flexibility index (Phi) is 8.69. The molecule has 0 aliphatic heterocycles. The predicted octanol–water partition coefficient (Wildman–Crippen LogP) is 6.88. The van der Waals surface area contributed by atoms with E-state index in [9.17, 15) is 0 Å². The van der Waals surface area contributed by atoms with Crippen LogP contribution in [0.4, 0.5) is 11.4 Å². The number of hydrogen-bond acceptors (Lipinski definition) is 2. The Morgan fingerprint density at radius 1 is 0.667 bits per heavy atom. The summed E-state index contributed by atoms with van der Waals surface area (Å²) in [5.41, 5.74) is 1.55. The van der Waals surface area contributed by atoms with Crippen molar-refractivity contribution >= 4 is 92.4 Å². The van der Waals surface area contributed by atoms with Gasteiger partial charge in [-0.15, -0.1) is 0 Å². The summed E-state index contributed by atoms with van der Waals surface area (Å²) in [5, 5.41) is 16.1. The van der Waals surface area contributed by atoms with Gasteiger partial charge in [-0.25, -0.2) is 0 Å². The molecular formula is C20H20Cl4N4S2. The fourth-order valence-corrected chi connectivity index (χ4v) is 4.43. The molecule has 3 rings (SSSR count). The number of benzene rings is 2. The molecule has 0 heterocycles. The van der Waals surface area contributed by atoms with Crippen molar-refractivity contribution in [1.29, 1.82) is 0 Å². The lowest BCUT2D eigenvalue weighted by atomic mass is 9.90. The molecule has 4 N–H and O–H groups in total. The molecule has 0 amide bonds. The first kappa shape index (κ1) is 23.6. The van der Waals surface area contributed by atoms with Gasteiger partial charge in [-0.3, -0.25) is 0 Å². The van der Waals surface area contributed by atoms with Gasteiger partial charge in [0.05, 0.1) is 20.1 Å². The van der Waals surface area contributed by atoms with Crippen LogP contribution in [0.5, 0.6) is 0 Å². The molecule has 2 atom stereocenters. The highest BCUT2D eigenvalue weighted by atomic mass is 35.5. The van der Waals surface area contributed by atoms with E-state index in [2.05, 4.69) is 21.3 Å². The molecule has 4 nitrogen and oxygen atoms in total. The Hall–Kier alpha value is -1.02. The van der Waals surface area contributed by atoms with Gasteiger partial charge in [0.1, 0.15) is 0 Å². The van der Waals surface area contributed by atoms with E-state index in [0.717, 1.165) is 37.1 Å². The second kappa shape index (κ2) is 11.0. The quantitative estimate of drug-likeness (QED) is 0.329. The summed E-state index contributed by atoms with van der Waals surface area (Å²) in [5.74, 6) is 0. The molecule has 0 aromatic heterocycles. The molecule has 30 heavy (non-hydrogen) atoms. The minimum Gasteiger partial charge on any atom is -0.358 e. The van der Waals surface area contributed by atoms with Crippen LogP contribution >= 0.6 is 70.8 Å². The minimum absolute atomic E-state index is 0.134. The van der Waals surface area contributed by atoms with Crippen molar-refractivity contribution in [1.82, 2.24) is 10.6 Å². The van der Waals surface area contributed by atoms with Gasteiger partial charge in [-0.05, 0) is 73.7 Å². The molecule has 1 saturated carbocycles. The third kappa shape index (κ3) is 6.74. The number of hydrogen-bond donors (Lipinski definition) is 4. The van der Waals surface area contributed by atoms with E-state index in [1.807, 2.05) is 12.1 Å². The monoisotopic (exact) mass is 520 g/mol. The lowest BCUT2D eigenvalue weighted by Gasteiger charge is -2.34. The zero-order valence-electron chi connectivity index (χ0n) is 15.8. The molecule has 2 aromatic carbocycles. The molecule has 10 heteroatoms. The van der Waals surface area contributed by atoms with Crippen LogP contribution in [-0.2, 0) is 0 Å². The van der Waals surface area contributed by atoms with Crippen molar-refractivity contribution < 1.29 is 0 Å². The molecule has 0 saturated heterocycles. The fourth-order valence-electron chi connectivity index (χ4n) is 3.30. The Balaban J connectivity index is 1.57. The Morgan fingerprint density at radius 2 is 1.07 bits per heavy atom. The van der Waals surface area contributed by atoms with E-state index in [1.54, 1.807) is 24.3 Å². The minimum atomic E-state index is 0.134. The second-order valence-electron chi connectivity index (χ2n) is 6.95. The van der Waals surface area contributed by atoms with Crippen molar-refractivity contribution in [3.8, 4) is 0 Å². The second-order valence-corrected chi connectivity index (χ2v) is 9.40. The molecule has 1 aliphatic rings. The van der Waals surface area contributed by atoms with E-state index in [-0.39, 0.29) is 12.1 Å². The van der Waals surface area contributed by atoms with Crippen LogP contribution in [0.25, 0.3) is 0 Å². The van der Waals surface area contributed by atoms with Gasteiger partial charge in [0.2, 0.25) is 0 Å². The summed E-state index contributed by atoms with van der Waals surface area (Å²) in [6.07, 6.45) is 4.21. The zero-order valence-corrected chi connectivity index (χ0v) is 20.4. The van der Waals surface area contributed by atoms with Crippen molar-refractivity contribution in [2.24, 2.45) is 0 Å². The molecule has 1 fully saturated rings. The molecule has 1 aliphatic carbocycles. The van der Waals surface area contributed by atoms with Crippen LogP contribution < -0.4 is 21.3 Å². The smallest absolute Gasteiger partial charge is 0.171 e. The largest absolute Gasteiger partial charge is 0.358 e. The third-order valence-corrected chi connectivity index (χ3v) is 6.67. The van der Waals surface area contributed by atoms with E-state index in [1.165, 1.54) is 0 Å². The first-order chi connectivity index (χ1) is 14.3. The van der Waals surface area contributed by atoms with Gasteiger partial charge in [0.25, 0.3) is 0 Å². The normalized spacial score (nSPS) is 18.4. The van der Waals surface area contributed by atoms with Crippen LogP contribution in [0.3, 0.4) is 0 Å². The van der Waals surface area contributed by atoms with E-state index in [4.69, 9.17) is 70.8 Å². The summed E-state index contributed by atoms with van der Waals surface area (Å²) in [7, 11) is 0. The number of halogens is 4. The van der Waals surface area contributed by atoms with Crippen molar-refractivity contribution in [3.63, 3.8) is 0 Å². The molecule has 0 spiro atoms. The molecule has 2 unspecified atom stereocenters. The summed E-state index contributed by atoms with van der Waals surface area (Å²) < 4.78 is 0. The molecule has 160 valence electrons. The van der Waals surface area contributed by atoms with Crippen LogP contribution in [0.1, 0.15) is 25.7 Å². The fraction of sp³-hybridized carbons (Fsp3) is 0.300. The number of nitrogens with one attached hydrogen (secondary N) is 4. The lowest BCUT2D eigenvalue weighted by Crippen LogP contribution is -2.54. The van der Waals surface area contributed by atoms with Gasteiger partial charge in [0.15, 0.2) is 10.2 Å². The summed E-state index contributed by atoms with van der Waals surface area (Å²) in [4.78, 5) is 0. The molecule has 0 radical (unpaired) electrons. The van der Waals surface area contributed by atoms with Crippen LogP contribution in [0.2, 0.25) is 20.1 Å². The Bertz CT molecular complexity index is 866. The first-order valence-electron chi connectivity index (χ1n) is 9.37. The summed E-state index contributed by atoms with van der Waals surface area (Å²) >= 11 is 35.1. The van der Waals surface area contributed by atoms with Crippen LogP contribution in [0.15, 0.2) is 36.4 Å². The van der Waals surface area contributed by atoms with Gasteiger partial charge in [-0.2, -0.15) is 0 Å². The SMILES string of the molecule is S=C(Nc1ccc(Cl)c(Cl)c1)NC1CCCCC1NC(=S)Nc1ccc(Cl)c(Cl)c1. The third-order valence-electron chi connectivity index (χ3n) is 4.75. The van der Waals surface area contributed by atoms with Crippen LogP contribution in [0, 0.1) is 0 Å². The Labute approximate surface area is 207 Å². The van der Waals surface area contributed by atoms with E-state index >= 15 is 0 Å². The van der Waals surface area contributed by atoms with Gasteiger partial charge in [-0.1, -0.05) is 59.2 Å². The average Bonchev–Trinajstić information content (AvgIpc) is 2.69. The topological polar surface area (TPSA) is 48.1 Å². The van der Waals surface area contributed by atoms with Gasteiger partial charge in [0, 0.05) is 23.5 Å². The molecular weight excluding hydrogens is 502 g/mol. The standard InChI is InChI=1S/C20H20Cl4N4S2/c21-13-7-5-11(9-15(13)23)25-19(29)27-17-3-1-2-4-18(17)28-20(30)26-12-6-8-14(22)16(24)10-12/h5-10,17-18H,1-4H2,(H2,25,27,29)(H2,26,28,30). The highest BCUT2D eigenvalue weighted by Crippen LogP contribution is 2.26. The summed E-state index contributed by atoms with van der Waals surface area (Å²) in [6, 6.07) is 10.9. The van der Waals surface area contributed by atoms with Gasteiger partial charge < -0.3 is 21.3 Å². The average molecular weight is 522 g/mol. The van der Waals surface area contributed by atoms with Gasteiger partial charge >= 0.3 is 0 Å². The Morgan fingerprint density at radius 3 is 1.43 bits per heavy atom. The molecule has 2 aromatic rings. The number of rotatable bonds is 4. The lowest BCUT2D eigenvalue weighted by molar-refractivity contribution is 0.340. The highest BCUT2D eigenvalue weighted by molar-refractivity contribution is 7.80. The van der Waals surface area contributed by atoms with E-state index in [0.29, 0.717) is 30.3 Å². The van der Waals surface area contributed by atoms with Crippen molar-refractivity contribution in [3.05, 3.63) is 56.5 Å².